The molecule has 3 rings (SSSR count). The van der Waals surface area contributed by atoms with E-state index < -0.39 is 28.3 Å². The summed E-state index contributed by atoms with van der Waals surface area (Å²) in [5.74, 6) is -1.91. The smallest absolute Gasteiger partial charge is 0.416 e. The number of hydrazine groups is 1. The van der Waals surface area contributed by atoms with E-state index in [1.807, 2.05) is 0 Å². The highest BCUT2D eigenvalue weighted by Crippen LogP contribution is 2.39. The lowest BCUT2D eigenvalue weighted by atomic mass is 10.2. The van der Waals surface area contributed by atoms with E-state index in [1.165, 1.54) is 33.2 Å². The second kappa shape index (κ2) is 8.11. The third kappa shape index (κ3) is 4.19. The van der Waals surface area contributed by atoms with Crippen LogP contribution in [0.25, 0.3) is 10.9 Å². The van der Waals surface area contributed by atoms with E-state index in [1.54, 1.807) is 27.1 Å². The number of nitrogens with zero attached hydrogens (tertiary/aromatic N) is 4. The summed E-state index contributed by atoms with van der Waals surface area (Å²) in [4.78, 5) is 13.7. The van der Waals surface area contributed by atoms with Gasteiger partial charge in [0.15, 0.2) is 11.6 Å². The number of hydrogen-bond acceptors (Lipinski definition) is 4. The van der Waals surface area contributed by atoms with Crippen molar-refractivity contribution < 1.29 is 27.1 Å². The number of benzene rings is 2. The summed E-state index contributed by atoms with van der Waals surface area (Å²) in [6.07, 6.45) is -2.98. The highest BCUT2D eigenvalue weighted by Gasteiger charge is 2.32. The molecule has 0 atom stereocenters. The number of fused-ring (bicyclic) bond motifs is 1. The number of hydrogen-bond donors (Lipinski definition) is 0. The first-order valence-corrected chi connectivity index (χ1v) is 9.13. The predicted molar refractivity (Wildman–Crippen MR) is 103 cm³/mol. The van der Waals surface area contributed by atoms with Crippen molar-refractivity contribution in [3.63, 3.8) is 0 Å². The predicted octanol–water partition coefficient (Wildman–Crippen LogP) is 4.99. The molecule has 6 nitrogen and oxygen atoms in total. The number of aromatic nitrogens is 2. The van der Waals surface area contributed by atoms with Gasteiger partial charge in [-0.3, -0.25) is 4.79 Å². The number of amides is 1. The largest absolute Gasteiger partial charge is 0.453 e. The minimum atomic E-state index is -4.74. The van der Waals surface area contributed by atoms with Gasteiger partial charge in [0.1, 0.15) is 5.75 Å². The van der Waals surface area contributed by atoms with Gasteiger partial charge in [-0.25, -0.2) is 9.40 Å². The third-order valence-electron chi connectivity index (χ3n) is 4.15. The molecule has 0 radical (unpaired) electrons. The van der Waals surface area contributed by atoms with Crippen LogP contribution in [0.5, 0.6) is 11.5 Å². The molecule has 0 aliphatic heterocycles. The quantitative estimate of drug-likeness (QED) is 0.411. The average molecular weight is 445 g/mol. The van der Waals surface area contributed by atoms with Crippen molar-refractivity contribution in [2.45, 2.75) is 19.5 Å². The number of carbonyl (C=O) groups excluding carboxylic acids is 1. The molecule has 0 unspecified atom stereocenters. The minimum Gasteiger partial charge on any atom is -0.453 e. The Morgan fingerprint density at radius 1 is 1.23 bits per heavy atom. The van der Waals surface area contributed by atoms with Gasteiger partial charge in [0.05, 0.1) is 22.3 Å². The van der Waals surface area contributed by atoms with Gasteiger partial charge in [-0.05, 0) is 24.3 Å². The molecule has 0 N–H and O–H groups in total. The molecule has 1 amide bonds. The van der Waals surface area contributed by atoms with E-state index in [2.05, 4.69) is 5.10 Å². The molecule has 0 aliphatic carbocycles. The number of ether oxygens (including phenoxy) is 1. The van der Waals surface area contributed by atoms with Crippen LogP contribution < -0.4 is 9.85 Å². The fraction of sp³-hybridized carbons (Fsp3) is 0.263. The number of alkyl halides is 3. The molecule has 11 heteroatoms. The van der Waals surface area contributed by atoms with Crippen LogP contribution in [-0.2, 0) is 11.0 Å². The molecule has 160 valence electrons. The summed E-state index contributed by atoms with van der Waals surface area (Å²) in [6, 6.07) is 5.50. The standard InChI is InChI=1S/C19H17ClF4N4O2/c1-4-17(29)28(26(2)3)27-16-9-13(6-5-11(16)10-25-27)30-18-14(20)7-12(8-15(18)21)19(22,23)24/h5-10H,4H2,1-3H3. The lowest BCUT2D eigenvalue weighted by Gasteiger charge is -2.28. The maximum atomic E-state index is 14.3. The van der Waals surface area contributed by atoms with Gasteiger partial charge in [-0.1, -0.05) is 18.5 Å². The molecule has 0 saturated heterocycles. The van der Waals surface area contributed by atoms with Gasteiger partial charge < -0.3 is 4.74 Å². The van der Waals surface area contributed by atoms with Crippen molar-refractivity contribution in [1.82, 2.24) is 14.9 Å². The zero-order valence-electron chi connectivity index (χ0n) is 16.2. The van der Waals surface area contributed by atoms with E-state index in [0.717, 1.165) is 0 Å². The SMILES string of the molecule is CCC(=O)N(N(C)C)n1ncc2ccc(Oc3c(F)cc(C(F)(F)F)cc3Cl)cc21. The van der Waals surface area contributed by atoms with Crippen molar-refractivity contribution >= 4 is 28.4 Å². The second-order valence-corrected chi connectivity index (χ2v) is 6.91. The summed E-state index contributed by atoms with van der Waals surface area (Å²) in [7, 11) is 3.33. The van der Waals surface area contributed by atoms with Crippen LogP contribution in [-0.4, -0.2) is 34.9 Å². The molecule has 30 heavy (non-hydrogen) atoms. The molecule has 0 bridgehead atoms. The first-order valence-electron chi connectivity index (χ1n) is 8.75. The van der Waals surface area contributed by atoms with Gasteiger partial charge >= 0.3 is 6.18 Å². The number of halogens is 5. The molecule has 1 aromatic heterocycles. The first kappa shape index (κ1) is 21.8. The molecule has 0 aliphatic rings. The highest BCUT2D eigenvalue weighted by atomic mass is 35.5. The molecule has 3 aromatic rings. The Hall–Kier alpha value is -2.85. The lowest BCUT2D eigenvalue weighted by molar-refractivity contribution is -0.137. The normalized spacial score (nSPS) is 11.9. The maximum absolute atomic E-state index is 14.3. The Balaban J connectivity index is 2.02. The molecular weight excluding hydrogens is 428 g/mol. The zero-order chi connectivity index (χ0) is 22.2. The number of carbonyl (C=O) groups is 1. The molecule has 2 aromatic carbocycles. The second-order valence-electron chi connectivity index (χ2n) is 6.51. The fourth-order valence-electron chi connectivity index (χ4n) is 2.78. The summed E-state index contributed by atoms with van der Waals surface area (Å²) in [5, 5.41) is 7.19. The monoisotopic (exact) mass is 444 g/mol. The van der Waals surface area contributed by atoms with Crippen LogP contribution in [0.15, 0.2) is 36.5 Å². The molecule has 0 saturated carbocycles. The van der Waals surface area contributed by atoms with Crippen LogP contribution in [0, 0.1) is 5.82 Å². The van der Waals surface area contributed by atoms with Gasteiger partial charge in [0.2, 0.25) is 0 Å². The van der Waals surface area contributed by atoms with Gasteiger partial charge in [0.25, 0.3) is 5.91 Å². The number of rotatable bonds is 5. The van der Waals surface area contributed by atoms with E-state index in [9.17, 15) is 22.4 Å². The lowest BCUT2D eigenvalue weighted by Crippen LogP contribution is -2.50. The van der Waals surface area contributed by atoms with Crippen LogP contribution in [0.3, 0.4) is 0 Å². The van der Waals surface area contributed by atoms with Crippen molar-refractivity contribution in [2.24, 2.45) is 0 Å². The van der Waals surface area contributed by atoms with E-state index >= 15 is 0 Å². The minimum absolute atomic E-state index is 0.104. The van der Waals surface area contributed by atoms with Gasteiger partial charge in [0, 0.05) is 32.0 Å². The van der Waals surface area contributed by atoms with Crippen molar-refractivity contribution in [3.8, 4) is 11.5 Å². The van der Waals surface area contributed by atoms with Crippen molar-refractivity contribution in [2.75, 3.05) is 19.2 Å². The van der Waals surface area contributed by atoms with Gasteiger partial charge in [-0.15, -0.1) is 0 Å². The van der Waals surface area contributed by atoms with E-state index in [0.29, 0.717) is 23.0 Å². The van der Waals surface area contributed by atoms with Crippen LogP contribution in [0.2, 0.25) is 5.02 Å². The van der Waals surface area contributed by atoms with Crippen LogP contribution in [0.1, 0.15) is 18.9 Å². The Morgan fingerprint density at radius 2 is 1.93 bits per heavy atom. The Morgan fingerprint density at radius 3 is 2.50 bits per heavy atom. The van der Waals surface area contributed by atoms with Gasteiger partial charge in [-0.2, -0.15) is 28.2 Å². The maximum Gasteiger partial charge on any atom is 0.416 e. The third-order valence-corrected chi connectivity index (χ3v) is 4.43. The van der Waals surface area contributed by atoms with Crippen LogP contribution in [0.4, 0.5) is 17.6 Å². The Labute approximate surface area is 174 Å². The first-order chi connectivity index (χ1) is 14.0. The summed E-state index contributed by atoms with van der Waals surface area (Å²) >= 11 is 5.83. The zero-order valence-corrected chi connectivity index (χ0v) is 16.9. The molecule has 0 fully saturated rings. The van der Waals surface area contributed by atoms with Crippen molar-refractivity contribution in [1.29, 1.82) is 0 Å². The molecule has 1 heterocycles. The summed E-state index contributed by atoms with van der Waals surface area (Å²) in [6.45, 7) is 1.70. The van der Waals surface area contributed by atoms with Crippen LogP contribution >= 0.6 is 11.6 Å². The summed E-state index contributed by atoms with van der Waals surface area (Å²) in [5.41, 5.74) is -0.753. The fourth-order valence-corrected chi connectivity index (χ4v) is 3.02. The molecular formula is C19H17ClF4N4O2. The highest BCUT2D eigenvalue weighted by molar-refractivity contribution is 6.32. The average Bonchev–Trinajstić information content (AvgIpc) is 3.06. The summed E-state index contributed by atoms with van der Waals surface area (Å²) < 4.78 is 58.1. The Kier molecular flexibility index (Phi) is 5.91. The van der Waals surface area contributed by atoms with E-state index in [-0.39, 0.29) is 18.1 Å². The van der Waals surface area contributed by atoms with E-state index in [4.69, 9.17) is 16.3 Å². The topological polar surface area (TPSA) is 50.6 Å². The Bertz CT molecular complexity index is 1070. The molecule has 0 spiro atoms. The van der Waals surface area contributed by atoms with Crippen molar-refractivity contribution in [3.05, 3.63) is 52.9 Å².